The average Bonchev–Trinajstić information content (AvgIpc) is 2.70. The third-order valence-corrected chi connectivity index (χ3v) is 2.79. The second-order valence-corrected chi connectivity index (χ2v) is 4.23. The fourth-order valence-corrected chi connectivity index (χ4v) is 2.12. The Morgan fingerprint density at radius 1 is 1.47 bits per heavy atom. The average molecular weight is 206 g/mol. The predicted molar refractivity (Wildman–Crippen MR) is 61.1 cm³/mol. The van der Waals surface area contributed by atoms with E-state index in [0.717, 1.165) is 24.5 Å². The molecular formula is C12H18N2O. The molecule has 1 aliphatic heterocycles. The minimum Gasteiger partial charge on any atom is -0.393 e. The van der Waals surface area contributed by atoms with Gasteiger partial charge in [0.05, 0.1) is 6.10 Å². The molecule has 0 radical (unpaired) electrons. The monoisotopic (exact) mass is 206 g/mol. The topological polar surface area (TPSA) is 36.4 Å². The Hall–Kier alpha value is -1.09. The zero-order valence-corrected chi connectivity index (χ0v) is 9.19. The van der Waals surface area contributed by atoms with Crippen LogP contribution in [0.4, 0.5) is 5.82 Å². The molecule has 1 atom stereocenters. The van der Waals surface area contributed by atoms with Crippen LogP contribution in [0.25, 0.3) is 0 Å². The highest BCUT2D eigenvalue weighted by atomic mass is 16.3. The van der Waals surface area contributed by atoms with E-state index in [1.165, 1.54) is 12.8 Å². The van der Waals surface area contributed by atoms with Gasteiger partial charge in [0.25, 0.3) is 0 Å². The van der Waals surface area contributed by atoms with E-state index in [4.69, 9.17) is 0 Å². The van der Waals surface area contributed by atoms with Gasteiger partial charge >= 0.3 is 0 Å². The van der Waals surface area contributed by atoms with E-state index in [2.05, 4.69) is 16.0 Å². The number of rotatable bonds is 3. The zero-order chi connectivity index (χ0) is 10.7. The van der Waals surface area contributed by atoms with Crippen LogP contribution in [0.2, 0.25) is 0 Å². The van der Waals surface area contributed by atoms with Crippen LogP contribution in [0.5, 0.6) is 0 Å². The lowest BCUT2D eigenvalue weighted by Gasteiger charge is -2.20. The molecular weight excluding hydrogens is 188 g/mol. The molecule has 0 spiro atoms. The number of hydrogen-bond acceptors (Lipinski definition) is 3. The largest absolute Gasteiger partial charge is 0.393 e. The first-order valence-electron chi connectivity index (χ1n) is 5.64. The van der Waals surface area contributed by atoms with Crippen molar-refractivity contribution in [3.8, 4) is 0 Å². The van der Waals surface area contributed by atoms with Gasteiger partial charge in [-0.3, -0.25) is 0 Å². The van der Waals surface area contributed by atoms with Gasteiger partial charge in [-0.05, 0) is 31.4 Å². The summed E-state index contributed by atoms with van der Waals surface area (Å²) in [5.74, 6) is 1.07. The first-order chi connectivity index (χ1) is 7.27. The van der Waals surface area contributed by atoms with Crippen LogP contribution >= 0.6 is 0 Å². The summed E-state index contributed by atoms with van der Waals surface area (Å²) in [5, 5.41) is 9.43. The van der Waals surface area contributed by atoms with E-state index in [1.54, 1.807) is 0 Å². The van der Waals surface area contributed by atoms with Crippen LogP contribution in [0.15, 0.2) is 18.3 Å². The second kappa shape index (κ2) is 4.62. The van der Waals surface area contributed by atoms with Gasteiger partial charge in [-0.15, -0.1) is 0 Å². The highest BCUT2D eigenvalue weighted by Crippen LogP contribution is 2.22. The summed E-state index contributed by atoms with van der Waals surface area (Å²) in [7, 11) is 0. The van der Waals surface area contributed by atoms with Gasteiger partial charge < -0.3 is 10.0 Å². The molecule has 0 aromatic carbocycles. The molecule has 1 aromatic rings. The molecule has 15 heavy (non-hydrogen) atoms. The van der Waals surface area contributed by atoms with Gasteiger partial charge in [-0.25, -0.2) is 4.98 Å². The molecule has 1 aliphatic rings. The van der Waals surface area contributed by atoms with Crippen LogP contribution < -0.4 is 4.90 Å². The van der Waals surface area contributed by atoms with Gasteiger partial charge in [-0.1, -0.05) is 6.07 Å². The lowest BCUT2D eigenvalue weighted by molar-refractivity contribution is 0.195. The van der Waals surface area contributed by atoms with Crippen molar-refractivity contribution in [1.29, 1.82) is 0 Å². The molecule has 3 heteroatoms. The van der Waals surface area contributed by atoms with E-state index >= 15 is 0 Å². The van der Waals surface area contributed by atoms with E-state index in [1.807, 2.05) is 19.2 Å². The van der Waals surface area contributed by atoms with Crippen molar-refractivity contribution in [2.24, 2.45) is 0 Å². The Labute approximate surface area is 90.8 Å². The molecule has 2 heterocycles. The van der Waals surface area contributed by atoms with Crippen molar-refractivity contribution in [2.75, 3.05) is 18.0 Å². The molecule has 0 aliphatic carbocycles. The molecule has 82 valence electrons. The highest BCUT2D eigenvalue weighted by Gasteiger charge is 2.17. The Morgan fingerprint density at radius 2 is 2.20 bits per heavy atom. The highest BCUT2D eigenvalue weighted by molar-refractivity contribution is 5.47. The lowest BCUT2D eigenvalue weighted by atomic mass is 10.1. The zero-order valence-electron chi connectivity index (χ0n) is 9.19. The normalized spacial score (nSPS) is 18.1. The van der Waals surface area contributed by atoms with Crippen molar-refractivity contribution >= 4 is 5.82 Å². The summed E-state index contributed by atoms with van der Waals surface area (Å²) in [4.78, 5) is 6.75. The minimum atomic E-state index is -0.296. The molecule has 1 aromatic heterocycles. The van der Waals surface area contributed by atoms with Crippen molar-refractivity contribution in [3.63, 3.8) is 0 Å². The molecule has 0 saturated carbocycles. The second-order valence-electron chi connectivity index (χ2n) is 4.23. The van der Waals surface area contributed by atoms with E-state index in [9.17, 15) is 5.11 Å². The summed E-state index contributed by atoms with van der Waals surface area (Å²) in [6.45, 7) is 4.02. The van der Waals surface area contributed by atoms with E-state index < -0.39 is 0 Å². The van der Waals surface area contributed by atoms with Gasteiger partial charge in [0.2, 0.25) is 0 Å². The third kappa shape index (κ3) is 2.48. The molecule has 0 bridgehead atoms. The van der Waals surface area contributed by atoms with Crippen LogP contribution in [-0.2, 0) is 6.42 Å². The van der Waals surface area contributed by atoms with Crippen molar-refractivity contribution in [2.45, 2.75) is 32.3 Å². The van der Waals surface area contributed by atoms with Gasteiger partial charge in [0, 0.05) is 25.7 Å². The Balaban J connectivity index is 2.20. The molecule has 1 N–H and O–H groups in total. The minimum absolute atomic E-state index is 0.296. The molecule has 2 rings (SSSR count). The standard InChI is InChI=1S/C12H18N2O/c1-10(15)9-11-5-4-6-13-12(11)14-7-2-3-8-14/h4-6,10,15H,2-3,7-9H2,1H3/t10-/m0/s1. The fraction of sp³-hybridized carbons (Fsp3) is 0.583. The summed E-state index contributed by atoms with van der Waals surface area (Å²) in [6.07, 6.45) is 4.74. The predicted octanol–water partition coefficient (Wildman–Crippen LogP) is 1.61. The van der Waals surface area contributed by atoms with Crippen molar-refractivity contribution in [1.82, 2.24) is 4.98 Å². The number of hydrogen-bond donors (Lipinski definition) is 1. The summed E-state index contributed by atoms with van der Waals surface area (Å²) < 4.78 is 0. The SMILES string of the molecule is C[C@H](O)Cc1cccnc1N1CCCC1. The molecule has 0 amide bonds. The van der Waals surface area contributed by atoms with Crippen LogP contribution in [0.3, 0.4) is 0 Å². The van der Waals surface area contributed by atoms with E-state index in [-0.39, 0.29) is 6.10 Å². The van der Waals surface area contributed by atoms with Gasteiger partial charge in [0.1, 0.15) is 5.82 Å². The number of aliphatic hydroxyl groups excluding tert-OH is 1. The maximum absolute atomic E-state index is 9.43. The van der Waals surface area contributed by atoms with Crippen LogP contribution in [0.1, 0.15) is 25.3 Å². The number of anilines is 1. The van der Waals surface area contributed by atoms with E-state index in [0.29, 0.717) is 6.42 Å². The Morgan fingerprint density at radius 3 is 2.87 bits per heavy atom. The summed E-state index contributed by atoms with van der Waals surface area (Å²) in [5.41, 5.74) is 1.16. The Bertz CT molecular complexity index is 319. The maximum Gasteiger partial charge on any atom is 0.131 e. The number of nitrogens with zero attached hydrogens (tertiary/aromatic N) is 2. The Kier molecular flexibility index (Phi) is 3.21. The van der Waals surface area contributed by atoms with Crippen LogP contribution in [0, 0.1) is 0 Å². The first-order valence-corrected chi connectivity index (χ1v) is 5.64. The van der Waals surface area contributed by atoms with Gasteiger partial charge in [-0.2, -0.15) is 0 Å². The number of aliphatic hydroxyl groups is 1. The van der Waals surface area contributed by atoms with Gasteiger partial charge in [0.15, 0.2) is 0 Å². The van der Waals surface area contributed by atoms with Crippen LogP contribution in [-0.4, -0.2) is 29.3 Å². The fourth-order valence-electron chi connectivity index (χ4n) is 2.12. The number of aromatic nitrogens is 1. The number of pyridine rings is 1. The third-order valence-electron chi connectivity index (χ3n) is 2.79. The molecule has 1 saturated heterocycles. The summed E-state index contributed by atoms with van der Waals surface area (Å²) >= 11 is 0. The smallest absolute Gasteiger partial charge is 0.131 e. The molecule has 0 unspecified atom stereocenters. The van der Waals surface area contributed by atoms with Crippen molar-refractivity contribution < 1.29 is 5.11 Å². The molecule has 3 nitrogen and oxygen atoms in total. The first kappa shape index (κ1) is 10.4. The lowest BCUT2D eigenvalue weighted by Crippen LogP contribution is -2.21. The quantitative estimate of drug-likeness (QED) is 0.816. The summed E-state index contributed by atoms with van der Waals surface area (Å²) in [6, 6.07) is 4.00. The maximum atomic E-state index is 9.43. The van der Waals surface area contributed by atoms with Crippen molar-refractivity contribution in [3.05, 3.63) is 23.9 Å². The molecule has 1 fully saturated rings.